The van der Waals surface area contributed by atoms with Crippen molar-refractivity contribution in [3.05, 3.63) is 36.5 Å². The van der Waals surface area contributed by atoms with Crippen molar-refractivity contribution in [3.63, 3.8) is 0 Å². The Morgan fingerprint density at radius 2 is 0.692 bits per heavy atom. The van der Waals surface area contributed by atoms with Gasteiger partial charge in [0.25, 0.3) is 6.29 Å². The molecule has 9 heteroatoms. The van der Waals surface area contributed by atoms with Crippen molar-refractivity contribution in [2.75, 3.05) is 47.5 Å². The fourth-order valence-corrected chi connectivity index (χ4v) is 9.97. The number of carboxylic acids is 1. The van der Waals surface area contributed by atoms with Crippen molar-refractivity contribution in [2.45, 2.75) is 341 Å². The maximum atomic E-state index is 12.9. The minimum Gasteiger partial charge on any atom is -0.477 e. The summed E-state index contributed by atoms with van der Waals surface area (Å²) in [5.41, 5.74) is 0. The maximum absolute atomic E-state index is 12.9. The van der Waals surface area contributed by atoms with Crippen LogP contribution in [0.4, 0.5) is 0 Å². The molecule has 1 N–H and O–H groups in total. The molecule has 0 spiro atoms. The van der Waals surface area contributed by atoms with E-state index < -0.39 is 18.4 Å². The molecule has 0 fully saturated rings. The summed E-state index contributed by atoms with van der Waals surface area (Å²) in [6.45, 7) is 4.92. The Morgan fingerprint density at radius 1 is 0.385 bits per heavy atom. The number of hydrogen-bond donors (Lipinski definition) is 1. The highest BCUT2D eigenvalue weighted by Gasteiger charge is 2.25. The van der Waals surface area contributed by atoms with Crippen molar-refractivity contribution in [1.29, 1.82) is 0 Å². The zero-order valence-corrected chi connectivity index (χ0v) is 52.3. The number of carbonyl (C=O) groups is 3. The van der Waals surface area contributed by atoms with E-state index in [0.29, 0.717) is 17.4 Å². The summed E-state index contributed by atoms with van der Waals surface area (Å²) in [7, 11) is 5.98. The van der Waals surface area contributed by atoms with Gasteiger partial charge in [-0.1, -0.05) is 301 Å². The third-order valence-electron chi connectivity index (χ3n) is 15.1. The fraction of sp³-hybridized carbons (Fsp3) is 0.870. The molecule has 0 aromatic rings. The summed E-state index contributed by atoms with van der Waals surface area (Å²) in [6.07, 6.45) is 72.6. The summed E-state index contributed by atoms with van der Waals surface area (Å²) in [4.78, 5) is 37.5. The van der Waals surface area contributed by atoms with Crippen molar-refractivity contribution >= 4 is 17.9 Å². The molecule has 0 aromatic heterocycles. The van der Waals surface area contributed by atoms with E-state index in [1.165, 1.54) is 250 Å². The number of quaternary nitrogens is 1. The molecular weight excluding hydrogens is 971 g/mol. The number of allylic oxidation sites excluding steroid dienone is 6. The van der Waals surface area contributed by atoms with Crippen molar-refractivity contribution in [2.24, 2.45) is 0 Å². The van der Waals surface area contributed by atoms with Gasteiger partial charge in [-0.25, -0.2) is 4.79 Å². The number of nitrogens with zero attached hydrogens (tertiary/aromatic N) is 1. The normalized spacial score (nSPS) is 12.9. The molecule has 0 aromatic carbocycles. The Morgan fingerprint density at radius 3 is 1.03 bits per heavy atom. The van der Waals surface area contributed by atoms with E-state index in [1.54, 1.807) is 0 Å². The van der Waals surface area contributed by atoms with Gasteiger partial charge in [-0.2, -0.15) is 0 Å². The number of carbonyl (C=O) groups excluding carboxylic acids is 2. The number of hydrogen-bond acceptors (Lipinski definition) is 7. The third-order valence-corrected chi connectivity index (χ3v) is 15.1. The summed E-state index contributed by atoms with van der Waals surface area (Å²) in [5, 5.41) is 9.72. The summed E-state index contributed by atoms with van der Waals surface area (Å²) < 4.78 is 22.9. The average Bonchev–Trinajstić information content (AvgIpc) is 3.41. The highest BCUT2D eigenvalue weighted by molar-refractivity contribution is 5.71. The largest absolute Gasteiger partial charge is 0.477 e. The zero-order chi connectivity index (χ0) is 56.9. The minimum absolute atomic E-state index is 0.175. The predicted octanol–water partition coefficient (Wildman–Crippen LogP) is 20.4. The van der Waals surface area contributed by atoms with E-state index in [4.69, 9.17) is 18.9 Å². The Hall–Kier alpha value is -2.49. The molecule has 0 aliphatic carbocycles. The zero-order valence-electron chi connectivity index (χ0n) is 52.3. The standard InChI is InChI=1S/C69H129NO8/c1-6-8-10-12-14-16-18-20-22-24-25-26-27-28-29-30-31-32-33-34-35-36-37-38-39-40-41-42-43-44-46-48-50-52-54-56-58-60-67(72)78-65(64-77-69(68(73)74)75-62-61-70(3,4)5)63-76-66(71)59-57-55-53-51-49-47-45-23-21-19-17-15-13-11-9-7-2/h18,20,24-25,27-28,65,69H,6-17,19,21-23,26,29-64H2,1-5H3/p+1/b20-18-,25-24-,28-27-. The number of esters is 2. The van der Waals surface area contributed by atoms with Gasteiger partial charge < -0.3 is 28.5 Å². The van der Waals surface area contributed by atoms with Gasteiger partial charge in [0.2, 0.25) is 0 Å². The molecule has 458 valence electrons. The Bertz CT molecular complexity index is 1370. The van der Waals surface area contributed by atoms with E-state index in [2.05, 4.69) is 50.3 Å². The summed E-state index contributed by atoms with van der Waals surface area (Å²) in [5.74, 6) is -1.98. The van der Waals surface area contributed by atoms with Crippen LogP contribution in [-0.4, -0.2) is 87.4 Å². The molecular formula is C69H130NO8+. The van der Waals surface area contributed by atoms with Crippen LogP contribution in [0.5, 0.6) is 0 Å². The first-order chi connectivity index (χ1) is 38.1. The highest BCUT2D eigenvalue weighted by Crippen LogP contribution is 2.18. The summed E-state index contributed by atoms with van der Waals surface area (Å²) in [6, 6.07) is 0. The average molecular weight is 1100 g/mol. The molecule has 2 atom stereocenters. The molecule has 2 unspecified atom stereocenters. The lowest BCUT2D eigenvalue weighted by molar-refractivity contribution is -0.870. The molecule has 0 aliphatic heterocycles. The molecule has 0 heterocycles. The van der Waals surface area contributed by atoms with E-state index in [-0.39, 0.29) is 38.2 Å². The van der Waals surface area contributed by atoms with Gasteiger partial charge in [-0.15, -0.1) is 0 Å². The van der Waals surface area contributed by atoms with E-state index in [9.17, 15) is 19.5 Å². The van der Waals surface area contributed by atoms with Crippen molar-refractivity contribution in [3.8, 4) is 0 Å². The topological polar surface area (TPSA) is 108 Å². The number of likely N-dealkylation sites (N-methyl/N-ethyl adjacent to an activating group) is 1. The van der Waals surface area contributed by atoms with Crippen LogP contribution in [-0.2, 0) is 33.3 Å². The van der Waals surface area contributed by atoms with Gasteiger partial charge in [-0.3, -0.25) is 9.59 Å². The molecule has 78 heavy (non-hydrogen) atoms. The number of unbranched alkanes of at least 4 members (excludes halogenated alkanes) is 42. The Labute approximate surface area is 483 Å². The lowest BCUT2D eigenvalue weighted by Gasteiger charge is -2.25. The molecule has 0 aliphatic rings. The van der Waals surface area contributed by atoms with Crippen LogP contribution in [0.15, 0.2) is 36.5 Å². The Kier molecular flexibility index (Phi) is 58.7. The smallest absolute Gasteiger partial charge is 0.361 e. The summed E-state index contributed by atoms with van der Waals surface area (Å²) >= 11 is 0. The molecule has 0 saturated heterocycles. The monoisotopic (exact) mass is 1100 g/mol. The lowest BCUT2D eigenvalue weighted by Crippen LogP contribution is -2.40. The van der Waals surface area contributed by atoms with Crippen LogP contribution in [0.2, 0.25) is 0 Å². The van der Waals surface area contributed by atoms with E-state index in [0.717, 1.165) is 51.4 Å². The van der Waals surface area contributed by atoms with E-state index >= 15 is 0 Å². The first-order valence-corrected chi connectivity index (χ1v) is 33.7. The SMILES string of the molecule is CCCCCCC/C=C\C/C=C\C/C=C\CCCCCCCCCCCCCCCCCCCCCCCCC(=O)OC(COC(=O)CCCCCCCCCCCCCCCCCC)COC(OCC[N+](C)(C)C)C(=O)O. The van der Waals surface area contributed by atoms with Gasteiger partial charge in [0, 0.05) is 12.8 Å². The predicted molar refractivity (Wildman–Crippen MR) is 332 cm³/mol. The van der Waals surface area contributed by atoms with Crippen LogP contribution < -0.4 is 0 Å². The van der Waals surface area contributed by atoms with Crippen molar-refractivity contribution in [1.82, 2.24) is 0 Å². The third kappa shape index (κ3) is 61.1. The first kappa shape index (κ1) is 75.5. The molecule has 9 nitrogen and oxygen atoms in total. The van der Waals surface area contributed by atoms with Crippen LogP contribution in [0.1, 0.15) is 328 Å². The minimum atomic E-state index is -1.51. The van der Waals surface area contributed by atoms with Crippen molar-refractivity contribution < 1.29 is 42.9 Å². The van der Waals surface area contributed by atoms with Gasteiger partial charge in [0.1, 0.15) is 13.2 Å². The Balaban J connectivity index is 3.99. The number of ether oxygens (including phenoxy) is 4. The van der Waals surface area contributed by atoms with Crippen LogP contribution in [0, 0.1) is 0 Å². The fourth-order valence-electron chi connectivity index (χ4n) is 9.97. The molecule has 0 amide bonds. The second-order valence-electron chi connectivity index (χ2n) is 24.1. The number of aliphatic carboxylic acids is 1. The van der Waals surface area contributed by atoms with Gasteiger partial charge in [0.15, 0.2) is 6.10 Å². The van der Waals surface area contributed by atoms with Crippen LogP contribution in [0.3, 0.4) is 0 Å². The second kappa shape index (κ2) is 60.6. The van der Waals surface area contributed by atoms with Gasteiger partial charge in [-0.05, 0) is 51.4 Å². The van der Waals surface area contributed by atoms with Crippen LogP contribution >= 0.6 is 0 Å². The van der Waals surface area contributed by atoms with Gasteiger partial charge in [0.05, 0.1) is 34.4 Å². The second-order valence-corrected chi connectivity index (χ2v) is 24.1. The maximum Gasteiger partial charge on any atom is 0.361 e. The number of rotatable bonds is 63. The first-order valence-electron chi connectivity index (χ1n) is 33.7. The highest BCUT2D eigenvalue weighted by atomic mass is 16.7. The molecule has 0 bridgehead atoms. The number of carboxylic acid groups (broad SMARTS) is 1. The quantitative estimate of drug-likeness (QED) is 0.0211. The van der Waals surface area contributed by atoms with Gasteiger partial charge >= 0.3 is 17.9 Å². The van der Waals surface area contributed by atoms with E-state index in [1.807, 2.05) is 21.1 Å². The molecule has 0 saturated carbocycles. The van der Waals surface area contributed by atoms with Crippen LogP contribution in [0.25, 0.3) is 0 Å². The molecule has 0 radical (unpaired) electrons. The lowest BCUT2D eigenvalue weighted by atomic mass is 10.0. The molecule has 0 rings (SSSR count).